The molecule has 6 heteroatoms. The summed E-state index contributed by atoms with van der Waals surface area (Å²) in [6.45, 7) is 0. The smallest absolute Gasteiger partial charge is 0.207 e. The molecule has 0 N–H and O–H groups in total. The average Bonchev–Trinajstić information content (AvgIpc) is 2.39. The molecule has 0 nitrogen and oxygen atoms in total. The highest BCUT2D eigenvalue weighted by molar-refractivity contribution is 9.10. The topological polar surface area (TPSA) is 0 Å². The lowest BCUT2D eigenvalue weighted by Gasteiger charge is -2.28. The van der Waals surface area contributed by atoms with Crippen LogP contribution in [0.25, 0.3) is 0 Å². The molecule has 2 rings (SSSR count). The zero-order chi connectivity index (χ0) is 15.0. The largest absolute Gasteiger partial charge is 0.340 e. The van der Waals surface area contributed by atoms with Gasteiger partial charge >= 0.3 is 11.8 Å². The Morgan fingerprint density at radius 1 is 0.800 bits per heavy atom. The Bertz CT molecular complexity index is 610. The van der Waals surface area contributed by atoms with E-state index in [0.717, 1.165) is 24.3 Å². The van der Waals surface area contributed by atoms with Gasteiger partial charge in [-0.15, -0.1) is 0 Å². The number of halogens is 6. The summed E-state index contributed by atoms with van der Waals surface area (Å²) >= 11 is 2.69. The van der Waals surface area contributed by atoms with Crippen molar-refractivity contribution in [1.82, 2.24) is 0 Å². The highest BCUT2D eigenvalue weighted by Gasteiger charge is 2.59. The average molecular weight is 351 g/mol. The summed E-state index contributed by atoms with van der Waals surface area (Å²) in [6, 6.07) is 7.88. The molecule has 0 aromatic heterocycles. The molecule has 0 heterocycles. The second kappa shape index (κ2) is 5.16. The molecule has 0 amide bonds. The van der Waals surface area contributed by atoms with Gasteiger partial charge in [-0.1, -0.05) is 46.3 Å². The van der Waals surface area contributed by atoms with Crippen LogP contribution in [0.3, 0.4) is 0 Å². The van der Waals surface area contributed by atoms with Gasteiger partial charge in [0, 0.05) is 15.6 Å². The molecule has 0 atom stereocenters. The summed E-state index contributed by atoms with van der Waals surface area (Å²) in [5, 5.41) is 0. The van der Waals surface area contributed by atoms with Crippen LogP contribution >= 0.6 is 15.9 Å². The minimum atomic E-state index is -4.47. The Morgan fingerprint density at radius 3 is 1.95 bits per heavy atom. The summed E-state index contributed by atoms with van der Waals surface area (Å²) in [5.41, 5.74) is -1.77. The van der Waals surface area contributed by atoms with E-state index < -0.39 is 33.3 Å². The quantitative estimate of drug-likeness (QED) is 0.643. The maximum atomic E-state index is 14.1. The van der Waals surface area contributed by atoms with Gasteiger partial charge in [-0.2, -0.15) is 17.6 Å². The first-order valence-electron chi connectivity index (χ1n) is 5.53. The van der Waals surface area contributed by atoms with E-state index in [1.165, 1.54) is 18.2 Å². The van der Waals surface area contributed by atoms with Crippen molar-refractivity contribution in [2.45, 2.75) is 11.8 Å². The number of rotatable bonds is 3. The molecule has 0 aliphatic heterocycles. The fourth-order valence-corrected chi connectivity index (χ4v) is 2.34. The standard InChI is InChI=1S/C14H8BrF5/c15-12-8-10(16)6-7-11(12)14(19,20)13(17,18)9-4-2-1-3-5-9/h1-8H. The van der Waals surface area contributed by atoms with Crippen molar-refractivity contribution < 1.29 is 22.0 Å². The van der Waals surface area contributed by atoms with Gasteiger partial charge in [0.05, 0.1) is 0 Å². The lowest BCUT2D eigenvalue weighted by Crippen LogP contribution is -2.35. The molecule has 0 aliphatic rings. The SMILES string of the molecule is Fc1ccc(C(F)(F)C(F)(F)c2ccccc2)c(Br)c1. The summed E-state index contributed by atoms with van der Waals surface area (Å²) in [5.74, 6) is -9.67. The first-order valence-corrected chi connectivity index (χ1v) is 6.33. The van der Waals surface area contributed by atoms with E-state index in [1.807, 2.05) is 0 Å². The molecule has 0 radical (unpaired) electrons. The molecule has 0 unspecified atom stereocenters. The van der Waals surface area contributed by atoms with Crippen molar-refractivity contribution in [2.75, 3.05) is 0 Å². The monoisotopic (exact) mass is 350 g/mol. The summed E-state index contributed by atoms with van der Waals surface area (Å²) in [4.78, 5) is 0. The van der Waals surface area contributed by atoms with Crippen LogP contribution in [0.1, 0.15) is 11.1 Å². The van der Waals surface area contributed by atoms with E-state index in [2.05, 4.69) is 15.9 Å². The fourth-order valence-electron chi connectivity index (χ4n) is 1.74. The van der Waals surface area contributed by atoms with Gasteiger partial charge in [-0.25, -0.2) is 4.39 Å². The van der Waals surface area contributed by atoms with E-state index in [9.17, 15) is 22.0 Å². The second-order valence-electron chi connectivity index (χ2n) is 4.14. The van der Waals surface area contributed by atoms with Crippen molar-refractivity contribution in [3.05, 3.63) is 69.9 Å². The molecule has 0 saturated carbocycles. The molecule has 0 aliphatic carbocycles. The predicted molar refractivity (Wildman–Crippen MR) is 68.3 cm³/mol. The van der Waals surface area contributed by atoms with Crippen LogP contribution in [-0.4, -0.2) is 0 Å². The predicted octanol–water partition coefficient (Wildman–Crippen LogP) is 5.47. The maximum absolute atomic E-state index is 14.1. The molecular formula is C14H8BrF5. The molecule has 0 spiro atoms. The van der Waals surface area contributed by atoms with Crippen LogP contribution < -0.4 is 0 Å². The second-order valence-corrected chi connectivity index (χ2v) is 4.99. The summed E-state index contributed by atoms with van der Waals surface area (Å²) in [7, 11) is 0. The third kappa shape index (κ3) is 2.44. The van der Waals surface area contributed by atoms with E-state index in [1.54, 1.807) is 0 Å². The van der Waals surface area contributed by atoms with Gasteiger partial charge in [0.15, 0.2) is 0 Å². The number of hydrogen-bond donors (Lipinski definition) is 0. The van der Waals surface area contributed by atoms with Gasteiger partial charge in [-0.05, 0) is 18.2 Å². The number of hydrogen-bond acceptors (Lipinski definition) is 0. The zero-order valence-corrected chi connectivity index (χ0v) is 11.5. The Labute approximate surface area is 120 Å². The molecular weight excluding hydrogens is 343 g/mol. The van der Waals surface area contributed by atoms with Gasteiger partial charge in [-0.3, -0.25) is 0 Å². The maximum Gasteiger partial charge on any atom is 0.340 e. The molecule has 2 aromatic rings. The highest BCUT2D eigenvalue weighted by atomic mass is 79.9. The third-order valence-electron chi connectivity index (χ3n) is 2.80. The third-order valence-corrected chi connectivity index (χ3v) is 3.46. The van der Waals surface area contributed by atoms with Crippen molar-refractivity contribution in [3.8, 4) is 0 Å². The number of alkyl halides is 4. The van der Waals surface area contributed by atoms with Gasteiger partial charge in [0.25, 0.3) is 0 Å². The van der Waals surface area contributed by atoms with Gasteiger partial charge in [0.2, 0.25) is 0 Å². The van der Waals surface area contributed by atoms with Crippen LogP contribution in [0, 0.1) is 5.82 Å². The van der Waals surface area contributed by atoms with Crippen molar-refractivity contribution in [3.63, 3.8) is 0 Å². The highest BCUT2D eigenvalue weighted by Crippen LogP contribution is 2.51. The van der Waals surface area contributed by atoms with Crippen LogP contribution in [0.2, 0.25) is 0 Å². The van der Waals surface area contributed by atoms with Gasteiger partial charge < -0.3 is 0 Å². The molecule has 0 bridgehead atoms. The van der Waals surface area contributed by atoms with Crippen LogP contribution in [0.15, 0.2) is 53.0 Å². The van der Waals surface area contributed by atoms with Crippen molar-refractivity contribution in [1.29, 1.82) is 0 Å². The number of benzene rings is 2. The fraction of sp³-hybridized carbons (Fsp3) is 0.143. The van der Waals surface area contributed by atoms with Gasteiger partial charge in [0.1, 0.15) is 5.82 Å². The van der Waals surface area contributed by atoms with E-state index in [-0.39, 0.29) is 0 Å². The van der Waals surface area contributed by atoms with Crippen LogP contribution in [-0.2, 0) is 11.8 Å². The first-order chi connectivity index (χ1) is 9.26. The van der Waals surface area contributed by atoms with Crippen molar-refractivity contribution >= 4 is 15.9 Å². The summed E-state index contributed by atoms with van der Waals surface area (Å²) in [6.07, 6.45) is 0. The normalized spacial score (nSPS) is 12.5. The summed E-state index contributed by atoms with van der Waals surface area (Å²) < 4.78 is 68.8. The molecule has 106 valence electrons. The lowest BCUT2D eigenvalue weighted by molar-refractivity contribution is -0.224. The minimum absolute atomic E-state index is 0.405. The van der Waals surface area contributed by atoms with E-state index >= 15 is 0 Å². The van der Waals surface area contributed by atoms with E-state index in [4.69, 9.17) is 0 Å². The lowest BCUT2D eigenvalue weighted by atomic mass is 9.96. The Kier molecular flexibility index (Phi) is 3.86. The zero-order valence-electron chi connectivity index (χ0n) is 9.89. The van der Waals surface area contributed by atoms with Crippen molar-refractivity contribution in [2.24, 2.45) is 0 Å². The molecule has 2 aromatic carbocycles. The van der Waals surface area contributed by atoms with Crippen LogP contribution in [0.5, 0.6) is 0 Å². The molecule has 0 fully saturated rings. The Morgan fingerprint density at radius 2 is 1.40 bits per heavy atom. The minimum Gasteiger partial charge on any atom is -0.207 e. The molecule has 20 heavy (non-hydrogen) atoms. The first kappa shape index (κ1) is 15.0. The molecule has 0 saturated heterocycles. The Balaban J connectivity index is 2.53. The van der Waals surface area contributed by atoms with Crippen LogP contribution in [0.4, 0.5) is 22.0 Å². The Hall–Kier alpha value is -1.43. The van der Waals surface area contributed by atoms with E-state index in [0.29, 0.717) is 6.07 Å².